The van der Waals surface area contributed by atoms with Crippen molar-refractivity contribution >= 4 is 29.9 Å². The van der Waals surface area contributed by atoms with Crippen molar-refractivity contribution in [2.24, 2.45) is 10.9 Å². The average molecular weight is 467 g/mol. The molecule has 0 aromatic carbocycles. The Morgan fingerprint density at radius 1 is 1.16 bits per heavy atom. The maximum atomic E-state index is 5.47. The normalized spacial score (nSPS) is 23.4. The van der Waals surface area contributed by atoms with E-state index in [-0.39, 0.29) is 29.5 Å². The van der Waals surface area contributed by atoms with Gasteiger partial charge in [0.15, 0.2) is 5.96 Å². The molecule has 25 heavy (non-hydrogen) atoms. The zero-order chi connectivity index (χ0) is 17.4. The molecule has 2 fully saturated rings. The van der Waals surface area contributed by atoms with Crippen LogP contribution in [0.5, 0.6) is 0 Å². The van der Waals surface area contributed by atoms with Crippen LogP contribution in [0.4, 0.5) is 0 Å². The predicted molar refractivity (Wildman–Crippen MR) is 116 cm³/mol. The van der Waals surface area contributed by atoms with Gasteiger partial charge in [0, 0.05) is 38.3 Å². The number of rotatable bonds is 7. The summed E-state index contributed by atoms with van der Waals surface area (Å²) in [5.74, 6) is 1.69. The van der Waals surface area contributed by atoms with Crippen molar-refractivity contribution in [1.82, 2.24) is 20.4 Å². The van der Waals surface area contributed by atoms with Crippen molar-refractivity contribution in [1.29, 1.82) is 0 Å². The molecule has 0 bridgehead atoms. The van der Waals surface area contributed by atoms with Gasteiger partial charge < -0.3 is 20.3 Å². The molecule has 2 aliphatic rings. The van der Waals surface area contributed by atoms with Crippen LogP contribution in [0.25, 0.3) is 0 Å². The Bertz CT molecular complexity index is 399. The van der Waals surface area contributed by atoms with E-state index in [2.05, 4.69) is 48.1 Å². The van der Waals surface area contributed by atoms with Crippen molar-refractivity contribution in [3.63, 3.8) is 0 Å². The van der Waals surface area contributed by atoms with Gasteiger partial charge in [-0.25, -0.2) is 0 Å². The van der Waals surface area contributed by atoms with Crippen LogP contribution in [0.15, 0.2) is 4.99 Å². The van der Waals surface area contributed by atoms with E-state index in [1.54, 1.807) is 0 Å². The Balaban J connectivity index is 0.00000312. The van der Waals surface area contributed by atoms with Crippen LogP contribution in [0.2, 0.25) is 0 Å². The topological polar surface area (TPSA) is 52.1 Å². The Morgan fingerprint density at radius 2 is 1.88 bits per heavy atom. The highest BCUT2D eigenvalue weighted by Crippen LogP contribution is 2.17. The summed E-state index contributed by atoms with van der Waals surface area (Å²) in [7, 11) is 0. The summed E-state index contributed by atoms with van der Waals surface area (Å²) in [6.07, 6.45) is 1.29. The molecule has 0 amide bonds. The second kappa shape index (κ2) is 11.6. The van der Waals surface area contributed by atoms with Gasteiger partial charge in [0.2, 0.25) is 0 Å². The van der Waals surface area contributed by atoms with Gasteiger partial charge in [0.05, 0.1) is 19.8 Å². The summed E-state index contributed by atoms with van der Waals surface area (Å²) in [6, 6.07) is 0. The molecule has 0 saturated carbocycles. The minimum Gasteiger partial charge on any atom is -0.379 e. The minimum absolute atomic E-state index is 0. The summed E-state index contributed by atoms with van der Waals surface area (Å²) in [4.78, 5) is 9.87. The van der Waals surface area contributed by atoms with E-state index < -0.39 is 0 Å². The third kappa shape index (κ3) is 7.56. The number of hydrogen-bond donors (Lipinski definition) is 2. The highest BCUT2D eigenvalue weighted by Gasteiger charge is 2.28. The molecule has 7 heteroatoms. The number of ether oxygens (including phenoxy) is 1. The van der Waals surface area contributed by atoms with Gasteiger partial charge in [-0.05, 0) is 46.2 Å². The van der Waals surface area contributed by atoms with Crippen LogP contribution in [-0.4, -0.2) is 86.9 Å². The number of halogens is 1. The van der Waals surface area contributed by atoms with E-state index in [1.807, 2.05) is 0 Å². The first-order valence-corrected chi connectivity index (χ1v) is 9.62. The summed E-state index contributed by atoms with van der Waals surface area (Å²) in [5.41, 5.74) is 0.0680. The van der Waals surface area contributed by atoms with Crippen LogP contribution >= 0.6 is 24.0 Å². The fourth-order valence-electron chi connectivity index (χ4n) is 3.49. The number of aliphatic imine (C=N–C) groups is 1. The third-order valence-electron chi connectivity index (χ3n) is 5.21. The van der Waals surface area contributed by atoms with Crippen molar-refractivity contribution in [3.8, 4) is 0 Å². The lowest BCUT2D eigenvalue weighted by molar-refractivity contribution is -0.00683. The van der Waals surface area contributed by atoms with Crippen molar-refractivity contribution in [2.45, 2.75) is 39.7 Å². The molecule has 6 nitrogen and oxygen atoms in total. The largest absolute Gasteiger partial charge is 0.379 e. The number of likely N-dealkylation sites (tertiary alicyclic amines) is 1. The number of morpholine rings is 1. The number of hydrogen-bond acceptors (Lipinski definition) is 4. The molecule has 0 aliphatic carbocycles. The molecule has 2 rings (SSSR count). The van der Waals surface area contributed by atoms with Gasteiger partial charge in [-0.3, -0.25) is 9.89 Å². The van der Waals surface area contributed by atoms with E-state index in [4.69, 9.17) is 9.73 Å². The van der Waals surface area contributed by atoms with E-state index >= 15 is 0 Å². The van der Waals surface area contributed by atoms with E-state index in [9.17, 15) is 0 Å². The maximum Gasteiger partial charge on any atom is 0.191 e. The number of nitrogens with zero attached hydrogens (tertiary/aromatic N) is 3. The smallest absolute Gasteiger partial charge is 0.191 e. The molecule has 1 atom stereocenters. The van der Waals surface area contributed by atoms with Crippen LogP contribution in [-0.2, 0) is 4.74 Å². The van der Waals surface area contributed by atoms with Crippen LogP contribution in [0.3, 0.4) is 0 Å². The molecule has 148 valence electrons. The summed E-state index contributed by atoms with van der Waals surface area (Å²) in [5, 5.41) is 6.94. The second-order valence-electron chi connectivity index (χ2n) is 7.54. The monoisotopic (exact) mass is 467 g/mol. The van der Waals surface area contributed by atoms with Crippen LogP contribution in [0.1, 0.15) is 34.1 Å². The fraction of sp³-hybridized carbons (Fsp3) is 0.944. The van der Waals surface area contributed by atoms with Crippen LogP contribution < -0.4 is 10.6 Å². The van der Waals surface area contributed by atoms with E-state index in [0.29, 0.717) is 0 Å². The predicted octanol–water partition coefficient (Wildman–Crippen LogP) is 1.61. The van der Waals surface area contributed by atoms with E-state index in [1.165, 1.54) is 26.1 Å². The lowest BCUT2D eigenvalue weighted by Crippen LogP contribution is -2.52. The molecule has 0 radical (unpaired) electrons. The summed E-state index contributed by atoms with van der Waals surface area (Å²) < 4.78 is 5.47. The first kappa shape index (κ1) is 22.9. The Labute approximate surface area is 171 Å². The molecule has 2 N–H and O–H groups in total. The van der Waals surface area contributed by atoms with Gasteiger partial charge >= 0.3 is 0 Å². The highest BCUT2D eigenvalue weighted by molar-refractivity contribution is 14.0. The molecule has 0 spiro atoms. The Hall–Kier alpha value is -0.120. The third-order valence-corrected chi connectivity index (χ3v) is 5.21. The number of guanidine groups is 1. The zero-order valence-electron chi connectivity index (χ0n) is 16.5. The van der Waals surface area contributed by atoms with Crippen molar-refractivity contribution in [3.05, 3.63) is 0 Å². The maximum absolute atomic E-state index is 5.47. The molecular formula is C18H38IN5O. The van der Waals surface area contributed by atoms with Gasteiger partial charge in [-0.15, -0.1) is 24.0 Å². The summed E-state index contributed by atoms with van der Waals surface area (Å²) in [6.45, 7) is 18.9. The quantitative estimate of drug-likeness (QED) is 0.339. The molecular weight excluding hydrogens is 429 g/mol. The molecule has 2 aliphatic heterocycles. The zero-order valence-corrected chi connectivity index (χ0v) is 18.8. The summed E-state index contributed by atoms with van der Waals surface area (Å²) >= 11 is 0. The lowest BCUT2D eigenvalue weighted by atomic mass is 10.0. The minimum atomic E-state index is 0. The van der Waals surface area contributed by atoms with Crippen LogP contribution in [0, 0.1) is 5.92 Å². The average Bonchev–Trinajstić information content (AvgIpc) is 3.06. The fourth-order valence-corrected chi connectivity index (χ4v) is 3.49. The highest BCUT2D eigenvalue weighted by atomic mass is 127. The second-order valence-corrected chi connectivity index (χ2v) is 7.54. The molecule has 2 saturated heterocycles. The standard InChI is InChI=1S/C18H37N5O.HI/c1-5-19-17(20-13-16-7-8-22(6-2)14-16)21-15-18(3,4)23-9-11-24-12-10-23;/h16H,5-15H2,1-4H3,(H2,19,20,21);1H. The first-order chi connectivity index (χ1) is 11.5. The van der Waals surface area contributed by atoms with Gasteiger partial charge in [0.25, 0.3) is 0 Å². The van der Waals surface area contributed by atoms with Gasteiger partial charge in [0.1, 0.15) is 0 Å². The Morgan fingerprint density at radius 3 is 2.48 bits per heavy atom. The Kier molecular flexibility index (Phi) is 10.6. The van der Waals surface area contributed by atoms with E-state index in [0.717, 1.165) is 57.8 Å². The number of nitrogens with one attached hydrogen (secondary N) is 2. The molecule has 0 aromatic rings. The molecule has 2 heterocycles. The van der Waals surface area contributed by atoms with Gasteiger partial charge in [-0.1, -0.05) is 6.92 Å². The molecule has 1 unspecified atom stereocenters. The lowest BCUT2D eigenvalue weighted by Gasteiger charge is -2.39. The van der Waals surface area contributed by atoms with Crippen molar-refractivity contribution < 1.29 is 4.74 Å². The van der Waals surface area contributed by atoms with Gasteiger partial charge in [-0.2, -0.15) is 0 Å². The first-order valence-electron chi connectivity index (χ1n) is 9.62. The SMILES string of the molecule is CCNC(=NCC(C)(C)N1CCOCC1)NCC1CCN(CC)C1.I. The molecule has 0 aromatic heterocycles. The van der Waals surface area contributed by atoms with Crippen molar-refractivity contribution in [2.75, 3.05) is 65.6 Å².